The highest BCUT2D eigenvalue weighted by molar-refractivity contribution is 6.12. The summed E-state index contributed by atoms with van der Waals surface area (Å²) in [5.74, 6) is 1.06. The van der Waals surface area contributed by atoms with E-state index in [1.54, 1.807) is 0 Å². The monoisotopic (exact) mass is 402 g/mol. The van der Waals surface area contributed by atoms with E-state index in [1.165, 1.54) is 0 Å². The zero-order chi connectivity index (χ0) is 21.1. The fourth-order valence-electron chi connectivity index (χ4n) is 5.18. The van der Waals surface area contributed by atoms with Crippen molar-refractivity contribution in [2.45, 2.75) is 64.8 Å². The van der Waals surface area contributed by atoms with Crippen molar-refractivity contribution in [3.63, 3.8) is 0 Å². The van der Waals surface area contributed by atoms with Gasteiger partial charge < -0.3 is 20.4 Å². The predicted molar refractivity (Wildman–Crippen MR) is 112 cm³/mol. The number of hydrogen-bond acceptors (Lipinski definition) is 6. The maximum atomic E-state index is 13.4. The number of carbonyl (C=O) groups is 2. The van der Waals surface area contributed by atoms with Crippen molar-refractivity contribution >= 4 is 17.6 Å². The third-order valence-electron chi connectivity index (χ3n) is 7.02. The molecule has 0 aromatic heterocycles. The Morgan fingerprint density at radius 3 is 2.38 bits per heavy atom. The van der Waals surface area contributed by atoms with Crippen molar-refractivity contribution in [2.24, 2.45) is 16.6 Å². The van der Waals surface area contributed by atoms with Crippen molar-refractivity contribution in [2.75, 3.05) is 33.2 Å². The maximum Gasteiger partial charge on any atom is 0.271 e. The van der Waals surface area contributed by atoms with E-state index < -0.39 is 5.54 Å². The van der Waals surface area contributed by atoms with Crippen LogP contribution < -0.4 is 5.73 Å². The number of aliphatic imine (C=N–C) groups is 1. The van der Waals surface area contributed by atoms with Crippen LogP contribution >= 0.6 is 0 Å². The lowest BCUT2D eigenvalue weighted by Gasteiger charge is -2.43. The molecule has 1 aliphatic carbocycles. The lowest BCUT2D eigenvalue weighted by Crippen LogP contribution is -2.57. The summed E-state index contributed by atoms with van der Waals surface area (Å²) in [6, 6.07) is 0.0784. The first-order valence-corrected chi connectivity index (χ1v) is 10.9. The maximum absolute atomic E-state index is 13.4. The van der Waals surface area contributed by atoms with Crippen molar-refractivity contribution in [3.8, 4) is 0 Å². The Hall–Kier alpha value is -2.09. The molecule has 3 aliphatic heterocycles. The highest BCUT2D eigenvalue weighted by atomic mass is 16.2. The van der Waals surface area contributed by atoms with Crippen LogP contribution in [0, 0.1) is 5.92 Å². The molecule has 160 valence electrons. The predicted octanol–water partition coefficient (Wildman–Crippen LogP) is 0.800. The average molecular weight is 403 g/mol. The van der Waals surface area contributed by atoms with Gasteiger partial charge in [-0.1, -0.05) is 6.92 Å². The van der Waals surface area contributed by atoms with Crippen LogP contribution in [0.3, 0.4) is 0 Å². The molecule has 4 aliphatic rings. The SMILES string of the molecule is CCC1(C)C2=C(C(=O)N1C(C)C)N(C)C(N1CCN(C(=O)C3CC3)CC1)N=C2N. The summed E-state index contributed by atoms with van der Waals surface area (Å²) in [6.07, 6.45) is 2.55. The molecular weight excluding hydrogens is 368 g/mol. The van der Waals surface area contributed by atoms with Crippen molar-refractivity contribution in [1.82, 2.24) is 19.6 Å². The molecule has 0 aromatic rings. The molecule has 4 rings (SSSR count). The summed E-state index contributed by atoms with van der Waals surface area (Å²) < 4.78 is 0. The van der Waals surface area contributed by atoms with Crippen LogP contribution in [0.2, 0.25) is 0 Å². The molecular formula is C21H34N6O2. The molecule has 0 aromatic carbocycles. The van der Waals surface area contributed by atoms with E-state index >= 15 is 0 Å². The average Bonchev–Trinajstić information content (AvgIpc) is 3.50. The summed E-state index contributed by atoms with van der Waals surface area (Å²) in [4.78, 5) is 38.7. The second-order valence-electron chi connectivity index (χ2n) is 9.23. The molecule has 0 spiro atoms. The van der Waals surface area contributed by atoms with Crippen LogP contribution in [-0.2, 0) is 9.59 Å². The highest BCUT2D eigenvalue weighted by Crippen LogP contribution is 2.43. The van der Waals surface area contributed by atoms with Gasteiger partial charge in [0.15, 0.2) is 6.29 Å². The largest absolute Gasteiger partial charge is 0.384 e. The number of likely N-dealkylation sites (N-methyl/N-ethyl adjacent to an activating group) is 1. The number of piperazine rings is 1. The second kappa shape index (κ2) is 7.00. The number of amidine groups is 1. The molecule has 8 nitrogen and oxygen atoms in total. The Balaban J connectivity index is 1.56. The van der Waals surface area contributed by atoms with Crippen LogP contribution in [0.4, 0.5) is 0 Å². The molecule has 2 atom stereocenters. The molecule has 2 fully saturated rings. The van der Waals surface area contributed by atoms with Gasteiger partial charge in [-0.3, -0.25) is 14.5 Å². The zero-order valence-electron chi connectivity index (χ0n) is 18.3. The van der Waals surface area contributed by atoms with Crippen molar-refractivity contribution in [1.29, 1.82) is 0 Å². The Morgan fingerprint density at radius 1 is 1.24 bits per heavy atom. The summed E-state index contributed by atoms with van der Waals surface area (Å²) in [5, 5.41) is 0. The number of carbonyl (C=O) groups excluding carboxylic acids is 2. The Bertz CT molecular complexity index is 778. The standard InChI is InChI=1S/C21H34N6O2/c1-6-21(4)15-16(19(29)27(21)13(2)3)24(5)20(23-17(15)22)26-11-9-25(10-12-26)18(28)14-7-8-14/h13-14,20H,6-12H2,1-5H3,(H2,22,23). The molecule has 29 heavy (non-hydrogen) atoms. The zero-order valence-corrected chi connectivity index (χ0v) is 18.3. The Labute approximate surface area is 173 Å². The summed E-state index contributed by atoms with van der Waals surface area (Å²) in [6.45, 7) is 11.2. The first kappa shape index (κ1) is 20.2. The Morgan fingerprint density at radius 2 is 1.86 bits per heavy atom. The van der Waals surface area contributed by atoms with Gasteiger partial charge in [0.05, 0.1) is 5.54 Å². The quantitative estimate of drug-likeness (QED) is 0.752. The first-order valence-electron chi connectivity index (χ1n) is 10.9. The van der Waals surface area contributed by atoms with Crippen LogP contribution in [0.15, 0.2) is 16.3 Å². The minimum Gasteiger partial charge on any atom is -0.384 e. The molecule has 3 heterocycles. The highest BCUT2D eigenvalue weighted by Gasteiger charge is 2.53. The van der Waals surface area contributed by atoms with E-state index in [1.807, 2.05) is 35.6 Å². The first-order chi connectivity index (χ1) is 13.7. The van der Waals surface area contributed by atoms with Gasteiger partial charge in [-0.15, -0.1) is 0 Å². The fraction of sp³-hybridized carbons (Fsp3) is 0.762. The number of hydrogen-bond donors (Lipinski definition) is 1. The fourth-order valence-corrected chi connectivity index (χ4v) is 5.18. The van der Waals surface area contributed by atoms with Crippen LogP contribution in [0.25, 0.3) is 0 Å². The van der Waals surface area contributed by atoms with Gasteiger partial charge in [-0.25, -0.2) is 4.99 Å². The van der Waals surface area contributed by atoms with Gasteiger partial charge in [0, 0.05) is 50.8 Å². The van der Waals surface area contributed by atoms with Gasteiger partial charge in [0.1, 0.15) is 11.5 Å². The smallest absolute Gasteiger partial charge is 0.271 e. The molecule has 1 saturated carbocycles. The van der Waals surface area contributed by atoms with E-state index in [9.17, 15) is 9.59 Å². The summed E-state index contributed by atoms with van der Waals surface area (Å²) in [7, 11) is 1.94. The molecule has 1 saturated heterocycles. The lowest BCUT2D eigenvalue weighted by atomic mass is 9.87. The van der Waals surface area contributed by atoms with Gasteiger partial charge in [0.25, 0.3) is 5.91 Å². The van der Waals surface area contributed by atoms with Crippen LogP contribution in [0.1, 0.15) is 47.0 Å². The van der Waals surface area contributed by atoms with E-state index in [2.05, 4.69) is 18.7 Å². The van der Waals surface area contributed by atoms with Gasteiger partial charge in [-0.05, 0) is 40.0 Å². The minimum atomic E-state index is -0.442. The normalized spacial score (nSPS) is 31.0. The second-order valence-corrected chi connectivity index (χ2v) is 9.23. The van der Waals surface area contributed by atoms with E-state index in [0.717, 1.165) is 37.9 Å². The molecule has 0 radical (unpaired) electrons. The molecule has 2 N–H and O–H groups in total. The molecule has 8 heteroatoms. The van der Waals surface area contributed by atoms with Gasteiger partial charge in [-0.2, -0.15) is 0 Å². The summed E-state index contributed by atoms with van der Waals surface area (Å²) >= 11 is 0. The Kier molecular flexibility index (Phi) is 4.88. The topological polar surface area (TPSA) is 85.5 Å². The third kappa shape index (κ3) is 3.03. The van der Waals surface area contributed by atoms with E-state index in [4.69, 9.17) is 10.7 Å². The number of rotatable bonds is 4. The van der Waals surface area contributed by atoms with Crippen molar-refractivity contribution < 1.29 is 9.59 Å². The molecule has 0 bridgehead atoms. The number of amides is 2. The van der Waals surface area contributed by atoms with Crippen LogP contribution in [0.5, 0.6) is 0 Å². The van der Waals surface area contributed by atoms with E-state index in [-0.39, 0.29) is 24.2 Å². The minimum absolute atomic E-state index is 0.0345. The van der Waals surface area contributed by atoms with Crippen LogP contribution in [-0.4, -0.2) is 88.3 Å². The lowest BCUT2D eigenvalue weighted by molar-refractivity contribution is -0.135. The third-order valence-corrected chi connectivity index (χ3v) is 7.02. The number of nitrogens with zero attached hydrogens (tertiary/aromatic N) is 5. The van der Waals surface area contributed by atoms with Gasteiger partial charge >= 0.3 is 0 Å². The molecule has 2 amide bonds. The van der Waals surface area contributed by atoms with E-state index in [0.29, 0.717) is 30.5 Å². The molecule has 2 unspecified atom stereocenters. The summed E-state index contributed by atoms with van der Waals surface area (Å²) in [5.41, 5.74) is 7.57. The van der Waals surface area contributed by atoms with Crippen molar-refractivity contribution in [3.05, 3.63) is 11.3 Å². The number of nitrogens with two attached hydrogens (primary N) is 1. The van der Waals surface area contributed by atoms with Gasteiger partial charge in [0.2, 0.25) is 5.91 Å².